The summed E-state index contributed by atoms with van der Waals surface area (Å²) in [6, 6.07) is 5.02. The fourth-order valence-corrected chi connectivity index (χ4v) is 1.45. The zero-order chi connectivity index (χ0) is 13.0. The smallest absolute Gasteiger partial charge is 0.394 e. The first-order chi connectivity index (χ1) is 7.95. The standard InChI is InChI=1S/C12H15NO4/c1-7(2)9-6-8(4-5-10(9)17-3)13-11(14)12(15)16/h4-7H,1-3H3,(H,13,14)(H,15,16). The van der Waals surface area contributed by atoms with Crippen LogP contribution in [0.5, 0.6) is 5.75 Å². The molecule has 0 saturated carbocycles. The van der Waals surface area contributed by atoms with Crippen LogP contribution >= 0.6 is 0 Å². The highest BCUT2D eigenvalue weighted by Gasteiger charge is 2.13. The fourth-order valence-electron chi connectivity index (χ4n) is 1.45. The third-order valence-corrected chi connectivity index (χ3v) is 2.30. The molecule has 0 aliphatic heterocycles. The number of aliphatic carboxylic acids is 1. The van der Waals surface area contributed by atoms with Gasteiger partial charge in [-0.25, -0.2) is 4.79 Å². The Balaban J connectivity index is 3.00. The van der Waals surface area contributed by atoms with Crippen LogP contribution in [0.4, 0.5) is 5.69 Å². The Labute approximate surface area is 99.4 Å². The van der Waals surface area contributed by atoms with Crippen molar-refractivity contribution in [2.45, 2.75) is 19.8 Å². The van der Waals surface area contributed by atoms with Crippen LogP contribution in [0.15, 0.2) is 18.2 Å². The molecule has 5 nitrogen and oxygen atoms in total. The fraction of sp³-hybridized carbons (Fsp3) is 0.333. The van der Waals surface area contributed by atoms with Crippen molar-refractivity contribution in [3.8, 4) is 5.75 Å². The number of carbonyl (C=O) groups excluding carboxylic acids is 1. The quantitative estimate of drug-likeness (QED) is 0.786. The summed E-state index contributed by atoms with van der Waals surface area (Å²) in [4.78, 5) is 21.4. The molecular formula is C12H15NO4. The van der Waals surface area contributed by atoms with Crippen molar-refractivity contribution >= 4 is 17.6 Å². The van der Waals surface area contributed by atoms with Crippen LogP contribution in [0.3, 0.4) is 0 Å². The molecule has 0 aliphatic carbocycles. The molecule has 0 fully saturated rings. The maximum Gasteiger partial charge on any atom is 0.394 e. The van der Waals surface area contributed by atoms with E-state index in [1.54, 1.807) is 25.3 Å². The lowest BCUT2D eigenvalue weighted by atomic mass is 10.0. The van der Waals surface area contributed by atoms with E-state index in [0.29, 0.717) is 11.4 Å². The Bertz CT molecular complexity index is 440. The number of benzene rings is 1. The minimum absolute atomic E-state index is 0.214. The van der Waals surface area contributed by atoms with E-state index in [-0.39, 0.29) is 5.92 Å². The average molecular weight is 237 g/mol. The molecule has 1 aromatic carbocycles. The number of carbonyl (C=O) groups is 2. The molecule has 0 atom stereocenters. The van der Waals surface area contributed by atoms with Crippen LogP contribution in [-0.2, 0) is 9.59 Å². The van der Waals surface area contributed by atoms with E-state index in [1.807, 2.05) is 13.8 Å². The molecule has 2 N–H and O–H groups in total. The number of carboxylic acid groups (broad SMARTS) is 1. The Morgan fingerprint density at radius 3 is 2.47 bits per heavy atom. The Hall–Kier alpha value is -2.04. The molecule has 92 valence electrons. The van der Waals surface area contributed by atoms with Gasteiger partial charge in [0.25, 0.3) is 0 Å². The van der Waals surface area contributed by atoms with Crippen LogP contribution in [0.25, 0.3) is 0 Å². The molecule has 0 heterocycles. The molecule has 0 saturated heterocycles. The molecule has 0 aliphatic rings. The third kappa shape index (κ3) is 3.21. The highest BCUT2D eigenvalue weighted by atomic mass is 16.5. The maximum absolute atomic E-state index is 11.0. The number of rotatable bonds is 3. The zero-order valence-electron chi connectivity index (χ0n) is 9.98. The number of carboxylic acids is 1. The summed E-state index contributed by atoms with van der Waals surface area (Å²) in [5.41, 5.74) is 1.36. The maximum atomic E-state index is 11.0. The molecule has 0 spiro atoms. The second-order valence-electron chi connectivity index (χ2n) is 3.87. The van der Waals surface area contributed by atoms with Gasteiger partial charge in [0, 0.05) is 5.69 Å². The minimum atomic E-state index is -1.51. The number of methoxy groups -OCH3 is 1. The van der Waals surface area contributed by atoms with Crippen molar-refractivity contribution in [1.29, 1.82) is 0 Å². The van der Waals surface area contributed by atoms with Gasteiger partial charge >= 0.3 is 11.9 Å². The van der Waals surface area contributed by atoms with Gasteiger partial charge in [0.1, 0.15) is 5.75 Å². The topological polar surface area (TPSA) is 75.6 Å². The lowest BCUT2D eigenvalue weighted by Gasteiger charge is -2.13. The van der Waals surface area contributed by atoms with Gasteiger partial charge in [-0.05, 0) is 29.7 Å². The lowest BCUT2D eigenvalue weighted by Crippen LogP contribution is -2.21. The van der Waals surface area contributed by atoms with E-state index in [2.05, 4.69) is 5.32 Å². The SMILES string of the molecule is COc1ccc(NC(=O)C(=O)O)cc1C(C)C. The van der Waals surface area contributed by atoms with E-state index < -0.39 is 11.9 Å². The molecular weight excluding hydrogens is 222 g/mol. The number of ether oxygens (including phenoxy) is 1. The summed E-state index contributed by atoms with van der Waals surface area (Å²) in [5, 5.41) is 10.8. The van der Waals surface area contributed by atoms with E-state index in [9.17, 15) is 9.59 Å². The average Bonchev–Trinajstić information content (AvgIpc) is 2.28. The van der Waals surface area contributed by atoms with Crippen LogP contribution in [0.1, 0.15) is 25.3 Å². The molecule has 0 unspecified atom stereocenters. The first-order valence-corrected chi connectivity index (χ1v) is 5.18. The highest BCUT2D eigenvalue weighted by molar-refractivity contribution is 6.36. The summed E-state index contributed by atoms with van der Waals surface area (Å²) in [5.74, 6) is -1.63. The third-order valence-electron chi connectivity index (χ3n) is 2.30. The summed E-state index contributed by atoms with van der Waals surface area (Å²) < 4.78 is 5.19. The number of amides is 1. The van der Waals surface area contributed by atoms with Crippen molar-refractivity contribution in [2.75, 3.05) is 12.4 Å². The van der Waals surface area contributed by atoms with Crippen molar-refractivity contribution in [3.63, 3.8) is 0 Å². The Kier molecular flexibility index (Phi) is 4.09. The molecule has 5 heteroatoms. The van der Waals surface area contributed by atoms with Crippen molar-refractivity contribution in [1.82, 2.24) is 0 Å². The summed E-state index contributed by atoms with van der Waals surface area (Å²) in [6.45, 7) is 3.97. The van der Waals surface area contributed by atoms with Gasteiger partial charge < -0.3 is 15.2 Å². The number of hydrogen-bond donors (Lipinski definition) is 2. The lowest BCUT2D eigenvalue weighted by molar-refractivity contribution is -0.147. The molecule has 0 bridgehead atoms. The van der Waals surface area contributed by atoms with Gasteiger partial charge in [-0.15, -0.1) is 0 Å². The molecule has 1 aromatic rings. The first-order valence-electron chi connectivity index (χ1n) is 5.18. The predicted octanol–water partition coefficient (Wildman–Crippen LogP) is 1.84. The van der Waals surface area contributed by atoms with Crippen molar-refractivity contribution in [3.05, 3.63) is 23.8 Å². The summed E-state index contributed by atoms with van der Waals surface area (Å²) in [6.07, 6.45) is 0. The number of hydrogen-bond acceptors (Lipinski definition) is 3. The van der Waals surface area contributed by atoms with Crippen LogP contribution in [0, 0.1) is 0 Å². The molecule has 17 heavy (non-hydrogen) atoms. The van der Waals surface area contributed by atoms with Gasteiger partial charge in [0.15, 0.2) is 0 Å². The molecule has 0 radical (unpaired) electrons. The molecule has 1 amide bonds. The second kappa shape index (κ2) is 5.34. The molecule has 1 rings (SSSR count). The van der Waals surface area contributed by atoms with E-state index in [0.717, 1.165) is 5.56 Å². The van der Waals surface area contributed by atoms with E-state index in [4.69, 9.17) is 9.84 Å². The Morgan fingerprint density at radius 1 is 1.35 bits per heavy atom. The highest BCUT2D eigenvalue weighted by Crippen LogP contribution is 2.29. The van der Waals surface area contributed by atoms with Gasteiger partial charge in [-0.3, -0.25) is 4.79 Å². The van der Waals surface area contributed by atoms with Crippen LogP contribution in [-0.4, -0.2) is 24.1 Å². The van der Waals surface area contributed by atoms with E-state index >= 15 is 0 Å². The number of nitrogens with one attached hydrogen (secondary N) is 1. The van der Waals surface area contributed by atoms with Crippen molar-refractivity contribution in [2.24, 2.45) is 0 Å². The zero-order valence-corrected chi connectivity index (χ0v) is 9.98. The van der Waals surface area contributed by atoms with Crippen LogP contribution in [0.2, 0.25) is 0 Å². The Morgan fingerprint density at radius 2 is 2.00 bits per heavy atom. The van der Waals surface area contributed by atoms with Gasteiger partial charge in [0.05, 0.1) is 7.11 Å². The monoisotopic (exact) mass is 237 g/mol. The van der Waals surface area contributed by atoms with Crippen molar-refractivity contribution < 1.29 is 19.4 Å². The van der Waals surface area contributed by atoms with Gasteiger partial charge in [0.2, 0.25) is 0 Å². The second-order valence-corrected chi connectivity index (χ2v) is 3.87. The summed E-state index contributed by atoms with van der Waals surface area (Å²) in [7, 11) is 1.57. The predicted molar refractivity (Wildman–Crippen MR) is 63.3 cm³/mol. The largest absolute Gasteiger partial charge is 0.496 e. The van der Waals surface area contributed by atoms with E-state index in [1.165, 1.54) is 0 Å². The normalized spacial score (nSPS) is 10.1. The first kappa shape index (κ1) is 13.0. The minimum Gasteiger partial charge on any atom is -0.496 e. The number of anilines is 1. The molecule has 0 aromatic heterocycles. The van der Waals surface area contributed by atoms with Gasteiger partial charge in [-0.1, -0.05) is 13.8 Å². The summed E-state index contributed by atoms with van der Waals surface area (Å²) >= 11 is 0. The van der Waals surface area contributed by atoms with Gasteiger partial charge in [-0.2, -0.15) is 0 Å². The van der Waals surface area contributed by atoms with Crippen LogP contribution < -0.4 is 10.1 Å².